The van der Waals surface area contributed by atoms with E-state index in [4.69, 9.17) is 0 Å². The topological polar surface area (TPSA) is 78.9 Å². The molecule has 18 heavy (non-hydrogen) atoms. The SMILES string of the molecule is CCCNC(=O)C(C)Nc1ccnc(NCC)n1. The van der Waals surface area contributed by atoms with Crippen molar-refractivity contribution in [1.82, 2.24) is 15.3 Å². The molecule has 0 aliphatic carbocycles. The van der Waals surface area contributed by atoms with Gasteiger partial charge in [0.25, 0.3) is 0 Å². The summed E-state index contributed by atoms with van der Waals surface area (Å²) in [4.78, 5) is 20.0. The number of carbonyl (C=O) groups is 1. The number of anilines is 2. The molecule has 1 aromatic rings. The van der Waals surface area contributed by atoms with Crippen LogP contribution in [0.2, 0.25) is 0 Å². The van der Waals surface area contributed by atoms with E-state index in [1.807, 2.05) is 13.8 Å². The van der Waals surface area contributed by atoms with E-state index in [9.17, 15) is 4.79 Å². The van der Waals surface area contributed by atoms with Crippen molar-refractivity contribution in [3.63, 3.8) is 0 Å². The van der Waals surface area contributed by atoms with Crippen LogP contribution >= 0.6 is 0 Å². The zero-order chi connectivity index (χ0) is 13.4. The van der Waals surface area contributed by atoms with Gasteiger partial charge < -0.3 is 16.0 Å². The molecule has 0 saturated heterocycles. The Morgan fingerprint density at radius 1 is 1.44 bits per heavy atom. The van der Waals surface area contributed by atoms with Gasteiger partial charge in [0.15, 0.2) is 0 Å². The van der Waals surface area contributed by atoms with Crippen LogP contribution in [-0.2, 0) is 4.79 Å². The standard InChI is InChI=1S/C12H21N5O/c1-4-7-14-11(18)9(3)16-10-6-8-15-12(17-10)13-5-2/h6,8-9H,4-5,7H2,1-3H3,(H,14,18)(H2,13,15,16,17). The summed E-state index contributed by atoms with van der Waals surface area (Å²) in [6.07, 6.45) is 2.58. The zero-order valence-electron chi connectivity index (χ0n) is 11.2. The smallest absolute Gasteiger partial charge is 0.242 e. The maximum absolute atomic E-state index is 11.7. The molecule has 3 N–H and O–H groups in total. The highest BCUT2D eigenvalue weighted by atomic mass is 16.2. The summed E-state index contributed by atoms with van der Waals surface area (Å²) in [5, 5.41) is 8.90. The fourth-order valence-electron chi connectivity index (χ4n) is 1.37. The van der Waals surface area contributed by atoms with Crippen LogP contribution in [0.4, 0.5) is 11.8 Å². The molecule has 1 amide bonds. The predicted octanol–water partition coefficient (Wildman–Crippen LogP) is 1.23. The first-order valence-electron chi connectivity index (χ1n) is 6.28. The molecule has 0 aliphatic heterocycles. The van der Waals surface area contributed by atoms with Crippen LogP contribution in [0.3, 0.4) is 0 Å². The Bertz CT molecular complexity index is 382. The third-order valence-corrected chi connectivity index (χ3v) is 2.30. The number of aromatic nitrogens is 2. The quantitative estimate of drug-likeness (QED) is 0.679. The summed E-state index contributed by atoms with van der Waals surface area (Å²) in [5.41, 5.74) is 0. The Kier molecular flexibility index (Phi) is 5.90. The van der Waals surface area contributed by atoms with Gasteiger partial charge in [-0.2, -0.15) is 4.98 Å². The van der Waals surface area contributed by atoms with E-state index in [0.29, 0.717) is 18.3 Å². The molecular weight excluding hydrogens is 230 g/mol. The second-order valence-electron chi connectivity index (χ2n) is 3.95. The first-order chi connectivity index (χ1) is 8.67. The van der Waals surface area contributed by atoms with E-state index in [2.05, 4.69) is 25.9 Å². The average Bonchev–Trinajstić information content (AvgIpc) is 2.36. The Hall–Kier alpha value is -1.85. The van der Waals surface area contributed by atoms with E-state index >= 15 is 0 Å². The Labute approximate surface area is 108 Å². The monoisotopic (exact) mass is 251 g/mol. The summed E-state index contributed by atoms with van der Waals surface area (Å²) in [7, 11) is 0. The third kappa shape index (κ3) is 4.57. The number of nitrogens with zero attached hydrogens (tertiary/aromatic N) is 2. The second kappa shape index (κ2) is 7.47. The van der Waals surface area contributed by atoms with Crippen LogP contribution in [-0.4, -0.2) is 35.0 Å². The van der Waals surface area contributed by atoms with Crippen molar-refractivity contribution in [1.29, 1.82) is 0 Å². The van der Waals surface area contributed by atoms with Gasteiger partial charge in [-0.05, 0) is 26.3 Å². The molecule has 6 nitrogen and oxygen atoms in total. The molecule has 0 fully saturated rings. The van der Waals surface area contributed by atoms with Gasteiger partial charge in [0.2, 0.25) is 11.9 Å². The summed E-state index contributed by atoms with van der Waals surface area (Å²) in [5.74, 6) is 1.17. The number of amides is 1. The highest BCUT2D eigenvalue weighted by molar-refractivity contribution is 5.83. The molecule has 0 aliphatic rings. The molecule has 1 atom stereocenters. The minimum atomic E-state index is -0.319. The van der Waals surface area contributed by atoms with Gasteiger partial charge in [0, 0.05) is 19.3 Å². The normalized spacial score (nSPS) is 11.7. The zero-order valence-corrected chi connectivity index (χ0v) is 11.2. The van der Waals surface area contributed by atoms with Crippen molar-refractivity contribution < 1.29 is 4.79 Å². The Morgan fingerprint density at radius 3 is 2.89 bits per heavy atom. The largest absolute Gasteiger partial charge is 0.358 e. The summed E-state index contributed by atoms with van der Waals surface area (Å²) in [6.45, 7) is 7.25. The summed E-state index contributed by atoms with van der Waals surface area (Å²) >= 11 is 0. The van der Waals surface area contributed by atoms with Crippen LogP contribution in [0.15, 0.2) is 12.3 Å². The van der Waals surface area contributed by atoms with Crippen molar-refractivity contribution in [2.45, 2.75) is 33.2 Å². The molecule has 1 heterocycles. The molecule has 6 heteroatoms. The van der Waals surface area contributed by atoms with Crippen LogP contribution in [0.25, 0.3) is 0 Å². The fourth-order valence-corrected chi connectivity index (χ4v) is 1.37. The Morgan fingerprint density at radius 2 is 2.22 bits per heavy atom. The average molecular weight is 251 g/mol. The van der Waals surface area contributed by atoms with Crippen molar-refractivity contribution in [2.75, 3.05) is 23.7 Å². The van der Waals surface area contributed by atoms with E-state index in [-0.39, 0.29) is 11.9 Å². The molecule has 1 aromatic heterocycles. The van der Waals surface area contributed by atoms with Crippen molar-refractivity contribution >= 4 is 17.7 Å². The molecule has 1 rings (SSSR count). The Balaban J connectivity index is 2.55. The van der Waals surface area contributed by atoms with Gasteiger partial charge in [-0.3, -0.25) is 4.79 Å². The molecule has 100 valence electrons. The predicted molar refractivity (Wildman–Crippen MR) is 72.6 cm³/mol. The van der Waals surface area contributed by atoms with Crippen LogP contribution in [0.5, 0.6) is 0 Å². The van der Waals surface area contributed by atoms with Crippen molar-refractivity contribution in [2.24, 2.45) is 0 Å². The number of rotatable bonds is 7. The molecule has 0 aromatic carbocycles. The van der Waals surface area contributed by atoms with E-state index < -0.39 is 0 Å². The van der Waals surface area contributed by atoms with Gasteiger partial charge in [0.1, 0.15) is 11.9 Å². The molecule has 1 unspecified atom stereocenters. The van der Waals surface area contributed by atoms with Gasteiger partial charge in [-0.1, -0.05) is 6.92 Å². The lowest BCUT2D eigenvalue weighted by Gasteiger charge is -2.14. The lowest BCUT2D eigenvalue weighted by atomic mass is 10.3. The van der Waals surface area contributed by atoms with Gasteiger partial charge >= 0.3 is 0 Å². The maximum atomic E-state index is 11.7. The van der Waals surface area contributed by atoms with E-state index in [1.165, 1.54) is 0 Å². The van der Waals surface area contributed by atoms with E-state index in [0.717, 1.165) is 13.0 Å². The summed E-state index contributed by atoms with van der Waals surface area (Å²) in [6, 6.07) is 1.42. The second-order valence-corrected chi connectivity index (χ2v) is 3.95. The van der Waals surface area contributed by atoms with Gasteiger partial charge in [0.05, 0.1) is 0 Å². The molecule has 0 saturated carbocycles. The first-order valence-corrected chi connectivity index (χ1v) is 6.28. The first kappa shape index (κ1) is 14.2. The molecule has 0 bridgehead atoms. The van der Waals surface area contributed by atoms with Gasteiger partial charge in [-0.15, -0.1) is 0 Å². The van der Waals surface area contributed by atoms with Crippen LogP contribution in [0.1, 0.15) is 27.2 Å². The maximum Gasteiger partial charge on any atom is 0.242 e. The highest BCUT2D eigenvalue weighted by Crippen LogP contribution is 2.06. The minimum absolute atomic E-state index is 0.0273. The number of nitrogens with one attached hydrogen (secondary N) is 3. The van der Waals surface area contributed by atoms with Crippen LogP contribution in [0, 0.1) is 0 Å². The van der Waals surface area contributed by atoms with E-state index in [1.54, 1.807) is 19.2 Å². The lowest BCUT2D eigenvalue weighted by molar-refractivity contribution is -0.121. The van der Waals surface area contributed by atoms with Gasteiger partial charge in [-0.25, -0.2) is 4.98 Å². The number of carbonyl (C=O) groups excluding carboxylic acids is 1. The van der Waals surface area contributed by atoms with Crippen molar-refractivity contribution in [3.8, 4) is 0 Å². The highest BCUT2D eigenvalue weighted by Gasteiger charge is 2.12. The summed E-state index contributed by atoms with van der Waals surface area (Å²) < 4.78 is 0. The third-order valence-electron chi connectivity index (χ3n) is 2.30. The lowest BCUT2D eigenvalue weighted by Crippen LogP contribution is -2.38. The number of hydrogen-bond acceptors (Lipinski definition) is 5. The molecule has 0 radical (unpaired) electrons. The molecular formula is C12H21N5O. The minimum Gasteiger partial charge on any atom is -0.358 e. The van der Waals surface area contributed by atoms with Crippen LogP contribution < -0.4 is 16.0 Å². The number of hydrogen-bond donors (Lipinski definition) is 3. The molecule has 0 spiro atoms. The van der Waals surface area contributed by atoms with Crippen molar-refractivity contribution in [3.05, 3.63) is 12.3 Å². The fraction of sp³-hybridized carbons (Fsp3) is 0.583.